The van der Waals surface area contributed by atoms with Crippen molar-refractivity contribution in [2.24, 2.45) is 11.8 Å². The van der Waals surface area contributed by atoms with Gasteiger partial charge in [0.2, 0.25) is 29.5 Å². The zero-order valence-electron chi connectivity index (χ0n) is 34.4. The number of nitrogens with zero attached hydrogens (tertiary/aromatic N) is 3. The van der Waals surface area contributed by atoms with Crippen molar-refractivity contribution >= 4 is 41.4 Å². The molecule has 4 rings (SSSR count). The van der Waals surface area contributed by atoms with Gasteiger partial charge in [-0.05, 0) is 37.2 Å². The Labute approximate surface area is 345 Å². The molecule has 2 aliphatic rings. The monoisotopic (exact) mass is 820 g/mol. The number of likely N-dealkylation sites (N-methyl/N-ethyl adjacent to an activating group) is 1. The van der Waals surface area contributed by atoms with Gasteiger partial charge in [0.25, 0.3) is 11.8 Å². The minimum Gasteiger partial charge on any atom is -0.381 e. The fourth-order valence-electron chi connectivity index (χ4n) is 7.47. The first-order valence-corrected chi connectivity index (χ1v) is 20.5. The van der Waals surface area contributed by atoms with E-state index in [4.69, 9.17) is 0 Å². The van der Waals surface area contributed by atoms with Gasteiger partial charge in [0.05, 0.1) is 30.7 Å². The van der Waals surface area contributed by atoms with E-state index >= 15 is 0 Å². The van der Waals surface area contributed by atoms with E-state index < -0.39 is 84.2 Å². The summed E-state index contributed by atoms with van der Waals surface area (Å²) in [6.45, 7) is 3.63. The van der Waals surface area contributed by atoms with Crippen molar-refractivity contribution in [3.05, 3.63) is 60.2 Å². The number of aromatic nitrogens is 2. The predicted octanol–water partition coefficient (Wildman–Crippen LogP) is -0.148. The van der Waals surface area contributed by atoms with Crippen LogP contribution in [-0.4, -0.2) is 125 Å². The number of carbonyl (C=O) groups excluding carboxylic acids is 7. The molecule has 18 heteroatoms. The van der Waals surface area contributed by atoms with Gasteiger partial charge in [-0.15, -0.1) is 0 Å². The normalized spacial score (nSPS) is 19.1. The Balaban J connectivity index is 1.35. The Morgan fingerprint density at radius 2 is 1.56 bits per heavy atom. The Hall–Kier alpha value is -5.49. The van der Waals surface area contributed by atoms with Crippen LogP contribution in [0, 0.1) is 11.8 Å². The van der Waals surface area contributed by atoms with Crippen LogP contribution < -0.4 is 37.2 Å². The number of hydrogen-bond donors (Lipinski definition) is 8. The summed E-state index contributed by atoms with van der Waals surface area (Å²) in [6, 6.07) is 4.13. The standard InChI is InChI=1S/C41H60N10O8/c1-5-13-28(35(53)40(58)45-24-32(52)49-34(41(59)51(3)4)26-17-11-8-12-18-26)46-36(54)27-21-43-22-30(27)48-37(55)29(14-6-2)47-39(57)33(25-15-9-7-10-16-25)50-38(56)31-23-42-19-20-44-31/h8,11-12,17-20,23,25,27-30,33-35,43,53H,5-7,9-10,13-16,21-22,24H2,1-4H3,(H,45,58)(H,46,54)(H,47,57)(H,48,55)(H,49,52)(H,50,56)/t27-,28?,29+,30+,33+,34+,35?/m1/s1. The SMILES string of the molecule is CCCC(NC(=O)[C@@H]1CNC[C@@H]1NC(=O)[C@H](CCC)NC(=O)[C@@H](NC(=O)c1cnccn1)C1CCCCC1)C(O)C(=O)NCC(=O)N[C@H](C(=O)N(C)C)c1ccccc1. The molecule has 18 nitrogen and oxygen atoms in total. The molecular formula is C41H60N10O8. The lowest BCUT2D eigenvalue weighted by atomic mass is 9.83. The highest BCUT2D eigenvalue weighted by Crippen LogP contribution is 2.27. The number of nitrogens with one attached hydrogen (secondary N) is 7. The smallest absolute Gasteiger partial charge is 0.272 e. The third-order valence-corrected chi connectivity index (χ3v) is 10.7. The van der Waals surface area contributed by atoms with Crippen LogP contribution in [0.1, 0.15) is 93.7 Å². The summed E-state index contributed by atoms with van der Waals surface area (Å²) in [5, 5.41) is 30.6. The molecule has 7 atom stereocenters. The first kappa shape index (κ1) is 46.2. The van der Waals surface area contributed by atoms with Gasteiger partial charge < -0.3 is 47.2 Å². The molecule has 1 saturated carbocycles. The van der Waals surface area contributed by atoms with Gasteiger partial charge in [0.1, 0.15) is 23.8 Å². The van der Waals surface area contributed by atoms with Gasteiger partial charge in [-0.25, -0.2) is 4.98 Å². The average Bonchev–Trinajstić information content (AvgIpc) is 3.71. The lowest BCUT2D eigenvalue weighted by molar-refractivity contribution is -0.136. The summed E-state index contributed by atoms with van der Waals surface area (Å²) in [4.78, 5) is 102. The summed E-state index contributed by atoms with van der Waals surface area (Å²) in [5.41, 5.74) is 0.632. The van der Waals surface area contributed by atoms with Gasteiger partial charge in [-0.3, -0.25) is 38.5 Å². The maximum absolute atomic E-state index is 13.8. The van der Waals surface area contributed by atoms with E-state index in [0.717, 1.165) is 32.1 Å². The highest BCUT2D eigenvalue weighted by molar-refractivity contribution is 5.97. The molecule has 1 aromatic heterocycles. The fourth-order valence-corrected chi connectivity index (χ4v) is 7.47. The maximum atomic E-state index is 13.8. The summed E-state index contributed by atoms with van der Waals surface area (Å²) in [5.74, 6) is -4.82. The minimum atomic E-state index is -1.71. The minimum absolute atomic E-state index is 0.0749. The van der Waals surface area contributed by atoms with Gasteiger partial charge >= 0.3 is 0 Å². The van der Waals surface area contributed by atoms with E-state index in [0.29, 0.717) is 24.8 Å². The summed E-state index contributed by atoms with van der Waals surface area (Å²) in [6.07, 6.45) is 8.42. The second kappa shape index (κ2) is 23.2. The van der Waals surface area contributed by atoms with Crippen LogP contribution in [0.3, 0.4) is 0 Å². The summed E-state index contributed by atoms with van der Waals surface area (Å²) < 4.78 is 0. The highest BCUT2D eigenvalue weighted by Gasteiger charge is 2.39. The molecule has 2 unspecified atom stereocenters. The van der Waals surface area contributed by atoms with E-state index in [1.165, 1.54) is 23.5 Å². The average molecular weight is 821 g/mol. The van der Waals surface area contributed by atoms with Gasteiger partial charge in [0, 0.05) is 39.6 Å². The van der Waals surface area contributed by atoms with Crippen LogP contribution in [0.4, 0.5) is 0 Å². The van der Waals surface area contributed by atoms with Crippen LogP contribution in [0.2, 0.25) is 0 Å². The Bertz CT molecular complexity index is 1730. The first-order valence-electron chi connectivity index (χ1n) is 20.5. The highest BCUT2D eigenvalue weighted by atomic mass is 16.3. The summed E-state index contributed by atoms with van der Waals surface area (Å²) in [7, 11) is 3.13. The van der Waals surface area contributed by atoms with E-state index in [2.05, 4.69) is 47.2 Å². The van der Waals surface area contributed by atoms with Crippen LogP contribution >= 0.6 is 0 Å². The number of hydrogen-bond acceptors (Lipinski definition) is 11. The van der Waals surface area contributed by atoms with Gasteiger partial charge in [0.15, 0.2) is 6.10 Å². The fraction of sp³-hybridized carbons (Fsp3) is 0.585. The zero-order valence-corrected chi connectivity index (χ0v) is 34.4. The van der Waals surface area contributed by atoms with Crippen molar-refractivity contribution in [2.45, 2.75) is 108 Å². The van der Waals surface area contributed by atoms with Crippen LogP contribution in [-0.2, 0) is 28.8 Å². The topological polar surface area (TPSA) is 253 Å². The quantitative estimate of drug-likeness (QED) is 0.0873. The second-order valence-electron chi connectivity index (χ2n) is 15.4. The Morgan fingerprint density at radius 3 is 2.20 bits per heavy atom. The van der Waals surface area contributed by atoms with Crippen LogP contribution in [0.5, 0.6) is 0 Å². The van der Waals surface area contributed by atoms with Gasteiger partial charge in [-0.1, -0.05) is 76.3 Å². The zero-order chi connectivity index (χ0) is 42.9. The Morgan fingerprint density at radius 1 is 0.847 bits per heavy atom. The molecule has 0 bridgehead atoms. The third kappa shape index (κ3) is 13.5. The molecule has 7 amide bonds. The van der Waals surface area contributed by atoms with Crippen molar-refractivity contribution in [3.63, 3.8) is 0 Å². The molecule has 0 spiro atoms. The number of carbonyl (C=O) groups is 7. The molecule has 1 aliphatic carbocycles. The lowest BCUT2D eigenvalue weighted by Crippen LogP contribution is -2.58. The molecule has 322 valence electrons. The molecule has 2 aromatic rings. The predicted molar refractivity (Wildman–Crippen MR) is 217 cm³/mol. The van der Waals surface area contributed by atoms with Crippen LogP contribution in [0.15, 0.2) is 48.9 Å². The third-order valence-electron chi connectivity index (χ3n) is 10.7. The molecular weight excluding hydrogens is 761 g/mol. The first-order chi connectivity index (χ1) is 28.3. The van der Waals surface area contributed by atoms with E-state index in [1.807, 2.05) is 13.8 Å². The second-order valence-corrected chi connectivity index (χ2v) is 15.4. The van der Waals surface area contributed by atoms with Crippen molar-refractivity contribution in [3.8, 4) is 0 Å². The number of benzene rings is 1. The molecule has 0 radical (unpaired) electrons. The number of rotatable bonds is 20. The molecule has 1 saturated heterocycles. The molecule has 2 fully saturated rings. The molecule has 8 N–H and O–H groups in total. The van der Waals surface area contributed by atoms with Crippen molar-refractivity contribution in [2.75, 3.05) is 33.7 Å². The maximum Gasteiger partial charge on any atom is 0.272 e. The molecule has 2 heterocycles. The van der Waals surface area contributed by atoms with E-state index in [-0.39, 0.29) is 37.0 Å². The Kier molecular flexibility index (Phi) is 18.2. The number of aliphatic hydroxyl groups excluding tert-OH is 1. The van der Waals surface area contributed by atoms with E-state index in [9.17, 15) is 38.7 Å². The van der Waals surface area contributed by atoms with Crippen molar-refractivity contribution in [1.82, 2.24) is 52.1 Å². The largest absolute Gasteiger partial charge is 0.381 e. The summed E-state index contributed by atoms with van der Waals surface area (Å²) >= 11 is 0. The molecule has 1 aromatic carbocycles. The molecule has 1 aliphatic heterocycles. The number of amides is 7. The van der Waals surface area contributed by atoms with Crippen LogP contribution in [0.25, 0.3) is 0 Å². The van der Waals surface area contributed by atoms with E-state index in [1.54, 1.807) is 44.4 Å². The van der Waals surface area contributed by atoms with Gasteiger partial charge in [-0.2, -0.15) is 0 Å². The lowest BCUT2D eigenvalue weighted by Gasteiger charge is -2.31. The van der Waals surface area contributed by atoms with Crippen molar-refractivity contribution in [1.29, 1.82) is 0 Å². The van der Waals surface area contributed by atoms with Crippen molar-refractivity contribution < 1.29 is 38.7 Å². The molecule has 59 heavy (non-hydrogen) atoms. The number of aliphatic hydroxyl groups is 1.